The Labute approximate surface area is 234 Å². The second-order valence-corrected chi connectivity index (χ2v) is 9.85. The average Bonchev–Trinajstić information content (AvgIpc) is 3.17. The summed E-state index contributed by atoms with van der Waals surface area (Å²) in [6.07, 6.45) is 0.965. The number of nitrogens with one attached hydrogen (secondary N) is 2. The monoisotopic (exact) mass is 607 g/mol. The van der Waals surface area contributed by atoms with Crippen molar-refractivity contribution in [1.82, 2.24) is 25.2 Å². The molecule has 3 aromatic rings. The third-order valence-corrected chi connectivity index (χ3v) is 5.60. The molecule has 0 aliphatic heterocycles. The Morgan fingerprint density at radius 2 is 1.95 bits per heavy atom. The summed E-state index contributed by atoms with van der Waals surface area (Å²) in [6.45, 7) is 11.3. The minimum Gasteiger partial charge on any atom is -0.554 e. The van der Waals surface area contributed by atoms with E-state index < -0.39 is 24.1 Å². The van der Waals surface area contributed by atoms with Crippen LogP contribution >= 0.6 is 15.9 Å². The SMILES string of the molecule is CCn1c(CNC(=O)c2nc(Br)cnc2N)[n+](CC)c2ccc(OCCNC(=O)OC(C)(C)C)cc21.O=C[O-]. The number of alkyl carbamates (subject to hydrolysis) is 1. The van der Waals surface area contributed by atoms with Crippen molar-refractivity contribution < 1.29 is 33.5 Å². The molecule has 13 nitrogen and oxygen atoms in total. The Balaban J connectivity index is 0.00000170. The molecule has 0 saturated carbocycles. The second-order valence-electron chi connectivity index (χ2n) is 9.04. The van der Waals surface area contributed by atoms with Crippen LogP contribution in [0, 0.1) is 0 Å². The quantitative estimate of drug-likeness (QED) is 0.184. The van der Waals surface area contributed by atoms with E-state index in [-0.39, 0.29) is 18.1 Å². The van der Waals surface area contributed by atoms with Crippen LogP contribution in [0.3, 0.4) is 0 Å². The van der Waals surface area contributed by atoms with Gasteiger partial charge in [-0.15, -0.1) is 0 Å². The van der Waals surface area contributed by atoms with Crippen molar-refractivity contribution >= 4 is 51.3 Å². The number of hydrogen-bond donors (Lipinski definition) is 3. The van der Waals surface area contributed by atoms with E-state index in [1.807, 2.05) is 45.9 Å². The van der Waals surface area contributed by atoms with Crippen molar-refractivity contribution in [2.24, 2.45) is 0 Å². The number of ether oxygens (including phenoxy) is 2. The lowest BCUT2D eigenvalue weighted by Gasteiger charge is -2.19. The molecule has 3 rings (SSSR count). The first kappa shape index (κ1) is 31.3. The molecular weight excluding hydrogens is 574 g/mol. The number of carbonyl (C=O) groups excluding carboxylic acids is 3. The number of aromatic nitrogens is 4. The summed E-state index contributed by atoms with van der Waals surface area (Å²) < 4.78 is 15.8. The highest BCUT2D eigenvalue weighted by atomic mass is 79.9. The predicted octanol–water partition coefficient (Wildman–Crippen LogP) is 1.30. The highest BCUT2D eigenvalue weighted by Crippen LogP contribution is 2.22. The molecule has 0 saturated heterocycles. The number of halogens is 1. The zero-order valence-corrected chi connectivity index (χ0v) is 24.2. The van der Waals surface area contributed by atoms with Gasteiger partial charge in [-0.2, -0.15) is 0 Å². The van der Waals surface area contributed by atoms with E-state index in [1.165, 1.54) is 6.20 Å². The number of aryl methyl sites for hydroxylation is 2. The minimum absolute atomic E-state index is 0.0676. The number of fused-ring (bicyclic) bond motifs is 1. The summed E-state index contributed by atoms with van der Waals surface area (Å²) in [5.41, 5.74) is 7.35. The van der Waals surface area contributed by atoms with Gasteiger partial charge in [-0.25, -0.2) is 23.9 Å². The number of carbonyl (C=O) groups is 3. The molecule has 39 heavy (non-hydrogen) atoms. The molecular formula is C25H34BrN7O6. The average molecular weight is 608 g/mol. The van der Waals surface area contributed by atoms with E-state index in [4.69, 9.17) is 25.1 Å². The predicted molar refractivity (Wildman–Crippen MR) is 145 cm³/mol. The van der Waals surface area contributed by atoms with Crippen molar-refractivity contribution in [2.75, 3.05) is 18.9 Å². The largest absolute Gasteiger partial charge is 0.554 e. The maximum Gasteiger partial charge on any atom is 0.407 e. The molecule has 0 unspecified atom stereocenters. The standard InChI is InChI=1S/C24H32BrN7O4.CH2O2/c1-6-31-16-9-8-15(35-11-10-27-23(34)36-24(3,4)5)12-17(16)32(7-2)19(31)14-29-22(33)20-21(26)28-13-18(25)30-20;2-1-3/h8-9,12-13H,6-7,10-11,14H2,1-5H3,(H3-,26,27,28,29,33,34);1H,(H,2,3). The third-order valence-electron chi connectivity index (χ3n) is 5.22. The maximum absolute atomic E-state index is 12.7. The Morgan fingerprint density at radius 1 is 1.26 bits per heavy atom. The van der Waals surface area contributed by atoms with Gasteiger partial charge in [0.1, 0.15) is 29.1 Å². The van der Waals surface area contributed by atoms with Crippen molar-refractivity contribution in [3.63, 3.8) is 0 Å². The van der Waals surface area contributed by atoms with Crippen molar-refractivity contribution in [2.45, 2.75) is 59.9 Å². The van der Waals surface area contributed by atoms with Gasteiger partial charge >= 0.3 is 6.09 Å². The van der Waals surface area contributed by atoms with Crippen LogP contribution in [0.15, 0.2) is 29.0 Å². The van der Waals surface area contributed by atoms with Gasteiger partial charge in [0, 0.05) is 12.5 Å². The molecule has 14 heteroatoms. The summed E-state index contributed by atoms with van der Waals surface area (Å²) in [5, 5.41) is 13.8. The van der Waals surface area contributed by atoms with Crippen LogP contribution in [-0.4, -0.2) is 51.8 Å². The first-order valence-corrected chi connectivity index (χ1v) is 13.0. The molecule has 2 amide bonds. The lowest BCUT2D eigenvalue weighted by Crippen LogP contribution is -2.40. The van der Waals surface area contributed by atoms with Gasteiger partial charge in [0.15, 0.2) is 22.5 Å². The number of nitrogens with two attached hydrogens (primary N) is 1. The zero-order chi connectivity index (χ0) is 29.2. The topological polar surface area (TPSA) is 177 Å². The number of rotatable bonds is 9. The van der Waals surface area contributed by atoms with E-state index in [2.05, 4.69) is 52.6 Å². The molecule has 0 radical (unpaired) electrons. The third kappa shape index (κ3) is 8.80. The molecule has 0 bridgehead atoms. The van der Waals surface area contributed by atoms with Gasteiger partial charge in [0.25, 0.3) is 11.7 Å². The molecule has 1 aromatic carbocycles. The van der Waals surface area contributed by atoms with Crippen molar-refractivity contribution in [3.8, 4) is 5.75 Å². The molecule has 0 aliphatic rings. The fraction of sp³-hybridized carbons (Fsp3) is 0.440. The molecule has 4 N–H and O–H groups in total. The summed E-state index contributed by atoms with van der Waals surface area (Å²) in [7, 11) is 0. The maximum atomic E-state index is 12.7. The number of imidazole rings is 1. The van der Waals surface area contributed by atoms with Crippen LogP contribution in [0.4, 0.5) is 10.6 Å². The van der Waals surface area contributed by atoms with Crippen molar-refractivity contribution in [3.05, 3.63) is 40.5 Å². The summed E-state index contributed by atoms with van der Waals surface area (Å²) in [4.78, 5) is 40.9. The Kier molecular flexibility index (Phi) is 11.5. The molecule has 0 atom stereocenters. The fourth-order valence-electron chi connectivity index (χ4n) is 3.78. The van der Waals surface area contributed by atoms with Crippen LogP contribution in [0.25, 0.3) is 11.0 Å². The Morgan fingerprint density at radius 3 is 2.56 bits per heavy atom. The Bertz CT molecular complexity index is 1310. The van der Waals surface area contributed by atoms with Crippen LogP contribution in [0.2, 0.25) is 0 Å². The van der Waals surface area contributed by atoms with Gasteiger partial charge in [0.05, 0.1) is 25.8 Å². The van der Waals surface area contributed by atoms with Crippen LogP contribution in [0.5, 0.6) is 5.75 Å². The van der Waals surface area contributed by atoms with E-state index in [9.17, 15) is 9.59 Å². The smallest absolute Gasteiger partial charge is 0.407 e. The number of nitrogen functional groups attached to an aromatic ring is 1. The van der Waals surface area contributed by atoms with E-state index >= 15 is 0 Å². The highest BCUT2D eigenvalue weighted by molar-refractivity contribution is 9.10. The highest BCUT2D eigenvalue weighted by Gasteiger charge is 2.25. The number of benzene rings is 1. The lowest BCUT2D eigenvalue weighted by molar-refractivity contribution is -0.676. The Hall–Kier alpha value is -3.94. The molecule has 2 heterocycles. The number of carboxylic acid groups (broad SMARTS) is 1. The number of nitrogens with zero attached hydrogens (tertiary/aromatic N) is 4. The van der Waals surface area contributed by atoms with E-state index in [1.54, 1.807) is 0 Å². The van der Waals surface area contributed by atoms with Crippen LogP contribution < -0.4 is 30.8 Å². The lowest BCUT2D eigenvalue weighted by atomic mass is 10.2. The molecule has 0 spiro atoms. The number of hydrogen-bond acceptors (Lipinski definition) is 9. The second kappa shape index (κ2) is 14.3. The molecule has 0 aliphatic carbocycles. The van der Waals surface area contributed by atoms with Crippen LogP contribution in [-0.2, 0) is 29.2 Å². The first-order valence-electron chi connectivity index (χ1n) is 12.2. The molecule has 2 aromatic heterocycles. The van der Waals surface area contributed by atoms with E-state index in [0.29, 0.717) is 36.6 Å². The normalized spacial score (nSPS) is 10.8. The number of amides is 2. The van der Waals surface area contributed by atoms with Gasteiger partial charge in [-0.05, 0) is 62.7 Å². The molecule has 212 valence electrons. The van der Waals surface area contributed by atoms with E-state index in [0.717, 1.165) is 16.9 Å². The van der Waals surface area contributed by atoms with Gasteiger partial charge < -0.3 is 35.7 Å². The van der Waals surface area contributed by atoms with Crippen LogP contribution in [0.1, 0.15) is 50.9 Å². The van der Waals surface area contributed by atoms with Gasteiger partial charge in [0.2, 0.25) is 0 Å². The van der Waals surface area contributed by atoms with Crippen molar-refractivity contribution in [1.29, 1.82) is 0 Å². The molecule has 0 fully saturated rings. The summed E-state index contributed by atoms with van der Waals surface area (Å²) in [6, 6.07) is 5.84. The summed E-state index contributed by atoms with van der Waals surface area (Å²) in [5.74, 6) is 1.27. The first-order chi connectivity index (χ1) is 18.4. The van der Waals surface area contributed by atoms with Gasteiger partial charge in [-0.1, -0.05) is 0 Å². The zero-order valence-electron chi connectivity index (χ0n) is 22.6. The number of anilines is 1. The summed E-state index contributed by atoms with van der Waals surface area (Å²) >= 11 is 3.22. The fourth-order valence-corrected chi connectivity index (χ4v) is 4.06. The van der Waals surface area contributed by atoms with Gasteiger partial charge in [-0.3, -0.25) is 4.79 Å². The minimum atomic E-state index is -0.550.